The maximum absolute atomic E-state index is 7.08. The molecular formula is C18H15N3O. The van der Waals surface area contributed by atoms with Crippen LogP contribution in [0.15, 0.2) is 48.7 Å². The third-order valence-corrected chi connectivity index (χ3v) is 4.03. The largest absolute Gasteiger partial charge is 0.488 e. The van der Waals surface area contributed by atoms with Crippen molar-refractivity contribution in [3.05, 3.63) is 48.7 Å². The molecule has 0 unspecified atom stereocenters. The van der Waals surface area contributed by atoms with E-state index in [0.717, 1.165) is 27.6 Å². The molecule has 2 aromatic carbocycles. The van der Waals surface area contributed by atoms with Gasteiger partial charge in [-0.25, -0.2) is 0 Å². The molecule has 2 heterocycles. The number of aryl methyl sites for hydroxylation is 1. The molecule has 0 bridgehead atoms. The van der Waals surface area contributed by atoms with E-state index in [2.05, 4.69) is 40.9 Å². The van der Waals surface area contributed by atoms with Crippen LogP contribution in [0.5, 0.6) is 5.75 Å². The number of ether oxygens (including phenoxy) is 1. The first-order valence-electron chi connectivity index (χ1n) is 7.16. The number of benzene rings is 2. The Kier molecular flexibility index (Phi) is 2.82. The van der Waals surface area contributed by atoms with Crippen molar-refractivity contribution < 1.29 is 4.74 Å². The van der Waals surface area contributed by atoms with Gasteiger partial charge in [-0.05, 0) is 36.4 Å². The Morgan fingerprint density at radius 3 is 2.86 bits per heavy atom. The molecule has 4 rings (SSSR count). The van der Waals surface area contributed by atoms with Gasteiger partial charge in [-0.15, -0.1) is 0 Å². The maximum atomic E-state index is 7.08. The minimum Gasteiger partial charge on any atom is -0.488 e. The summed E-state index contributed by atoms with van der Waals surface area (Å²) in [6.45, 7) is 0.292. The van der Waals surface area contributed by atoms with Gasteiger partial charge in [0.1, 0.15) is 12.4 Å². The molecule has 0 aliphatic carbocycles. The highest BCUT2D eigenvalue weighted by molar-refractivity contribution is 6.12. The summed E-state index contributed by atoms with van der Waals surface area (Å²) in [4.78, 5) is 4.45. The summed E-state index contributed by atoms with van der Waals surface area (Å²) in [5.74, 6) is 0.782. The number of fused-ring (bicyclic) bond motifs is 4. The van der Waals surface area contributed by atoms with Crippen LogP contribution in [0.2, 0.25) is 0 Å². The topological polar surface area (TPSA) is 50.9 Å². The number of nitrogens with zero attached hydrogens (tertiary/aromatic N) is 2. The van der Waals surface area contributed by atoms with Gasteiger partial charge in [0.05, 0.1) is 5.52 Å². The summed E-state index contributed by atoms with van der Waals surface area (Å²) >= 11 is 0. The van der Waals surface area contributed by atoms with E-state index in [0.29, 0.717) is 6.61 Å². The van der Waals surface area contributed by atoms with Crippen molar-refractivity contribution >= 4 is 38.9 Å². The first-order valence-corrected chi connectivity index (χ1v) is 7.16. The van der Waals surface area contributed by atoms with Crippen LogP contribution in [-0.2, 0) is 7.05 Å². The molecule has 22 heavy (non-hydrogen) atoms. The summed E-state index contributed by atoms with van der Waals surface area (Å²) in [5.41, 5.74) is 3.33. The van der Waals surface area contributed by atoms with Gasteiger partial charge in [-0.1, -0.05) is 6.07 Å². The zero-order valence-corrected chi connectivity index (χ0v) is 12.2. The Morgan fingerprint density at radius 2 is 2.00 bits per heavy atom. The molecule has 0 spiro atoms. The van der Waals surface area contributed by atoms with E-state index in [9.17, 15) is 0 Å². The zero-order chi connectivity index (χ0) is 15.1. The highest BCUT2D eigenvalue weighted by Gasteiger charge is 2.10. The van der Waals surface area contributed by atoms with Crippen LogP contribution in [0.3, 0.4) is 0 Å². The molecule has 0 saturated carbocycles. The number of aromatic nitrogens is 2. The van der Waals surface area contributed by atoms with Crippen LogP contribution in [0.1, 0.15) is 0 Å². The summed E-state index contributed by atoms with van der Waals surface area (Å²) in [6, 6.07) is 14.4. The first kappa shape index (κ1) is 12.8. The number of hydrogen-bond donors (Lipinski definition) is 1. The van der Waals surface area contributed by atoms with Gasteiger partial charge in [0.15, 0.2) is 0 Å². The monoisotopic (exact) mass is 289 g/mol. The highest BCUT2D eigenvalue weighted by atomic mass is 16.5. The van der Waals surface area contributed by atoms with Gasteiger partial charge >= 0.3 is 0 Å². The first-order chi connectivity index (χ1) is 10.8. The quantitative estimate of drug-likeness (QED) is 0.581. The van der Waals surface area contributed by atoms with Gasteiger partial charge < -0.3 is 14.7 Å². The molecule has 0 aliphatic heterocycles. The van der Waals surface area contributed by atoms with E-state index in [4.69, 9.17) is 10.1 Å². The zero-order valence-electron chi connectivity index (χ0n) is 12.2. The SMILES string of the molecule is Cn1c2ccc(OCC=N)cc2c2cc3ncccc3cc21. The van der Waals surface area contributed by atoms with Crippen molar-refractivity contribution in [2.45, 2.75) is 0 Å². The van der Waals surface area contributed by atoms with Gasteiger partial charge in [-0.3, -0.25) is 4.98 Å². The van der Waals surface area contributed by atoms with Crippen LogP contribution in [-0.4, -0.2) is 22.4 Å². The number of pyridine rings is 1. The lowest BCUT2D eigenvalue weighted by Gasteiger charge is -2.03. The number of rotatable bonds is 3. The van der Waals surface area contributed by atoms with Crippen molar-refractivity contribution in [3.63, 3.8) is 0 Å². The predicted octanol–water partition coefficient (Wildman–Crippen LogP) is 3.91. The van der Waals surface area contributed by atoms with E-state index in [-0.39, 0.29) is 0 Å². The minimum atomic E-state index is 0.292. The standard InChI is InChI=1S/C18H15N3O/c1-21-17-5-4-13(22-8-6-19)10-14(17)15-11-16-12(9-18(15)21)3-2-7-20-16/h2-7,9-11,19H,8H2,1H3. The van der Waals surface area contributed by atoms with Crippen LogP contribution < -0.4 is 4.74 Å². The maximum Gasteiger partial charge on any atom is 0.123 e. The van der Waals surface area contributed by atoms with E-state index >= 15 is 0 Å². The molecule has 0 radical (unpaired) electrons. The van der Waals surface area contributed by atoms with Gasteiger partial charge in [0.25, 0.3) is 0 Å². The second-order valence-electron chi connectivity index (χ2n) is 5.32. The Balaban J connectivity index is 2.05. The summed E-state index contributed by atoms with van der Waals surface area (Å²) in [6.07, 6.45) is 3.07. The van der Waals surface area contributed by atoms with Crippen molar-refractivity contribution in [2.24, 2.45) is 7.05 Å². The Bertz CT molecular complexity index is 1020. The predicted molar refractivity (Wildman–Crippen MR) is 90.0 cm³/mol. The summed E-state index contributed by atoms with van der Waals surface area (Å²) in [5, 5.41) is 10.5. The fourth-order valence-electron chi connectivity index (χ4n) is 2.98. The van der Waals surface area contributed by atoms with Crippen molar-refractivity contribution in [3.8, 4) is 5.75 Å². The van der Waals surface area contributed by atoms with E-state index in [1.54, 1.807) is 0 Å². The fourth-order valence-corrected chi connectivity index (χ4v) is 2.98. The third kappa shape index (κ3) is 1.84. The van der Waals surface area contributed by atoms with Gasteiger partial charge in [-0.2, -0.15) is 0 Å². The van der Waals surface area contributed by atoms with Crippen molar-refractivity contribution in [1.29, 1.82) is 5.41 Å². The molecule has 0 aliphatic rings. The van der Waals surface area contributed by atoms with Gasteiger partial charge in [0.2, 0.25) is 0 Å². The Labute approximate surface area is 127 Å². The number of nitrogens with one attached hydrogen (secondary N) is 1. The second-order valence-corrected chi connectivity index (χ2v) is 5.32. The highest BCUT2D eigenvalue weighted by Crippen LogP contribution is 2.33. The van der Waals surface area contributed by atoms with E-state index in [1.165, 1.54) is 17.1 Å². The van der Waals surface area contributed by atoms with Crippen molar-refractivity contribution in [1.82, 2.24) is 9.55 Å². The lowest BCUT2D eigenvalue weighted by Crippen LogP contribution is -1.96. The molecule has 2 aromatic heterocycles. The average molecular weight is 289 g/mol. The van der Waals surface area contributed by atoms with Gasteiger partial charge in [0, 0.05) is 46.7 Å². The smallest absolute Gasteiger partial charge is 0.123 e. The molecule has 108 valence electrons. The van der Waals surface area contributed by atoms with Crippen LogP contribution in [0, 0.1) is 5.41 Å². The van der Waals surface area contributed by atoms with Crippen LogP contribution in [0.4, 0.5) is 0 Å². The van der Waals surface area contributed by atoms with E-state index in [1.807, 2.05) is 24.4 Å². The summed E-state index contributed by atoms with van der Waals surface area (Å²) < 4.78 is 7.73. The molecule has 0 saturated heterocycles. The lowest BCUT2D eigenvalue weighted by atomic mass is 10.1. The van der Waals surface area contributed by atoms with E-state index < -0.39 is 0 Å². The Hall–Kier alpha value is -2.88. The van der Waals surface area contributed by atoms with Crippen molar-refractivity contribution in [2.75, 3.05) is 6.61 Å². The molecule has 4 aromatic rings. The van der Waals surface area contributed by atoms with Crippen LogP contribution in [0.25, 0.3) is 32.7 Å². The summed E-state index contributed by atoms with van der Waals surface area (Å²) in [7, 11) is 2.07. The normalized spacial score (nSPS) is 11.3. The lowest BCUT2D eigenvalue weighted by molar-refractivity contribution is 0.380. The second kappa shape index (κ2) is 4.84. The molecule has 1 N–H and O–H groups in total. The number of hydrogen-bond acceptors (Lipinski definition) is 3. The third-order valence-electron chi connectivity index (χ3n) is 4.03. The molecule has 0 fully saturated rings. The molecule has 4 nitrogen and oxygen atoms in total. The Morgan fingerprint density at radius 1 is 1.14 bits per heavy atom. The molecule has 4 heteroatoms. The minimum absolute atomic E-state index is 0.292. The fraction of sp³-hybridized carbons (Fsp3) is 0.111. The van der Waals surface area contributed by atoms with Crippen LogP contribution >= 0.6 is 0 Å². The molecule has 0 atom stereocenters. The average Bonchev–Trinajstić information content (AvgIpc) is 2.83. The molecule has 0 amide bonds. The molecular weight excluding hydrogens is 274 g/mol.